The molecule has 0 bridgehead atoms. The largest absolute Gasteiger partial charge is 0.368 e. The maximum atomic E-state index is 12.6. The van der Waals surface area contributed by atoms with Gasteiger partial charge in [0.15, 0.2) is 0 Å². The van der Waals surface area contributed by atoms with Gasteiger partial charge < -0.3 is 5.73 Å². The molecular formula is C13H18N2O3S. The van der Waals surface area contributed by atoms with E-state index in [-0.39, 0.29) is 4.90 Å². The van der Waals surface area contributed by atoms with Gasteiger partial charge in [-0.25, -0.2) is 8.42 Å². The van der Waals surface area contributed by atoms with Crippen molar-refractivity contribution in [2.24, 2.45) is 5.73 Å². The normalized spacial score (nSPS) is 21.2. The van der Waals surface area contributed by atoms with Gasteiger partial charge in [0.05, 0.1) is 4.90 Å². The molecule has 0 spiro atoms. The van der Waals surface area contributed by atoms with Gasteiger partial charge in [0, 0.05) is 6.54 Å². The van der Waals surface area contributed by atoms with Crippen LogP contribution in [-0.4, -0.2) is 31.2 Å². The maximum absolute atomic E-state index is 12.6. The molecule has 1 amide bonds. The first-order valence-electron chi connectivity index (χ1n) is 6.31. The van der Waals surface area contributed by atoms with Gasteiger partial charge >= 0.3 is 0 Å². The summed E-state index contributed by atoms with van der Waals surface area (Å²) >= 11 is 0. The number of rotatable bonds is 3. The van der Waals surface area contributed by atoms with E-state index in [1.165, 1.54) is 4.31 Å². The van der Waals surface area contributed by atoms with Gasteiger partial charge in [-0.05, 0) is 31.4 Å². The van der Waals surface area contributed by atoms with Crippen LogP contribution in [0.5, 0.6) is 0 Å². The van der Waals surface area contributed by atoms with Gasteiger partial charge in [-0.1, -0.05) is 24.6 Å². The number of amides is 1. The first-order valence-corrected chi connectivity index (χ1v) is 7.75. The molecule has 1 aromatic carbocycles. The Kier molecular flexibility index (Phi) is 3.91. The molecule has 2 rings (SSSR count). The molecule has 1 heterocycles. The van der Waals surface area contributed by atoms with Crippen molar-refractivity contribution in [3.8, 4) is 0 Å². The van der Waals surface area contributed by atoms with E-state index in [2.05, 4.69) is 0 Å². The molecule has 1 aliphatic heterocycles. The molecule has 19 heavy (non-hydrogen) atoms. The Morgan fingerprint density at radius 2 is 2.00 bits per heavy atom. The number of benzene rings is 1. The third-order valence-corrected chi connectivity index (χ3v) is 5.53. The van der Waals surface area contributed by atoms with Crippen LogP contribution in [0.15, 0.2) is 29.2 Å². The minimum atomic E-state index is -3.65. The summed E-state index contributed by atoms with van der Waals surface area (Å²) in [4.78, 5) is 11.7. The number of carbonyl (C=O) groups excluding carboxylic acids is 1. The first kappa shape index (κ1) is 14.0. The second kappa shape index (κ2) is 5.30. The lowest BCUT2D eigenvalue weighted by Crippen LogP contribution is -2.50. The van der Waals surface area contributed by atoms with E-state index in [1.54, 1.807) is 31.2 Å². The summed E-state index contributed by atoms with van der Waals surface area (Å²) in [5.74, 6) is -0.572. The molecule has 0 saturated carbocycles. The molecular weight excluding hydrogens is 264 g/mol. The molecule has 5 nitrogen and oxygen atoms in total. The summed E-state index contributed by atoms with van der Waals surface area (Å²) < 4.78 is 26.5. The summed E-state index contributed by atoms with van der Waals surface area (Å²) in [6, 6.07) is 6.06. The Balaban J connectivity index is 2.43. The Bertz CT molecular complexity index is 583. The fourth-order valence-corrected chi connectivity index (χ4v) is 4.34. The van der Waals surface area contributed by atoms with Crippen molar-refractivity contribution in [1.29, 1.82) is 0 Å². The van der Waals surface area contributed by atoms with Gasteiger partial charge in [0.1, 0.15) is 6.04 Å². The van der Waals surface area contributed by atoms with E-state index in [0.717, 1.165) is 12.8 Å². The Hall–Kier alpha value is -1.40. The minimum absolute atomic E-state index is 0.253. The number of sulfonamides is 1. The van der Waals surface area contributed by atoms with Gasteiger partial charge in [-0.2, -0.15) is 4.31 Å². The summed E-state index contributed by atoms with van der Waals surface area (Å²) in [6.07, 6.45) is 2.09. The van der Waals surface area contributed by atoms with Crippen LogP contribution in [0.2, 0.25) is 0 Å². The lowest BCUT2D eigenvalue weighted by Gasteiger charge is -2.32. The number of aryl methyl sites for hydroxylation is 1. The number of hydrogen-bond donors (Lipinski definition) is 1. The summed E-state index contributed by atoms with van der Waals surface area (Å²) in [5, 5.41) is 0. The third-order valence-electron chi connectivity index (χ3n) is 3.46. The van der Waals surface area contributed by atoms with Crippen molar-refractivity contribution in [1.82, 2.24) is 4.31 Å². The van der Waals surface area contributed by atoms with Crippen molar-refractivity contribution >= 4 is 15.9 Å². The van der Waals surface area contributed by atoms with Gasteiger partial charge in [0.25, 0.3) is 0 Å². The number of nitrogens with zero attached hydrogens (tertiary/aromatic N) is 1. The molecule has 1 atom stereocenters. The van der Waals surface area contributed by atoms with E-state index in [4.69, 9.17) is 5.73 Å². The van der Waals surface area contributed by atoms with Crippen molar-refractivity contribution in [2.75, 3.05) is 6.54 Å². The highest BCUT2D eigenvalue weighted by atomic mass is 32.2. The molecule has 0 aromatic heterocycles. The van der Waals surface area contributed by atoms with Gasteiger partial charge in [-0.3, -0.25) is 4.79 Å². The molecule has 1 fully saturated rings. The van der Waals surface area contributed by atoms with E-state index in [9.17, 15) is 13.2 Å². The number of hydrogen-bond acceptors (Lipinski definition) is 3. The van der Waals surface area contributed by atoms with E-state index < -0.39 is 22.0 Å². The van der Waals surface area contributed by atoms with Crippen LogP contribution in [-0.2, 0) is 14.8 Å². The summed E-state index contributed by atoms with van der Waals surface area (Å²) in [7, 11) is -3.65. The van der Waals surface area contributed by atoms with Crippen molar-refractivity contribution in [2.45, 2.75) is 37.1 Å². The molecule has 104 valence electrons. The van der Waals surface area contributed by atoms with Crippen LogP contribution in [0.4, 0.5) is 0 Å². The Morgan fingerprint density at radius 3 is 2.63 bits per heavy atom. The predicted octanol–water partition coefficient (Wildman–Crippen LogP) is 1.02. The van der Waals surface area contributed by atoms with Crippen LogP contribution < -0.4 is 5.73 Å². The average molecular weight is 282 g/mol. The first-order chi connectivity index (χ1) is 8.94. The SMILES string of the molecule is Cc1ccccc1S(=O)(=O)N1CCCCC1C(N)=O. The highest BCUT2D eigenvalue weighted by molar-refractivity contribution is 7.89. The number of piperidine rings is 1. The highest BCUT2D eigenvalue weighted by Crippen LogP contribution is 2.26. The van der Waals surface area contributed by atoms with Crippen molar-refractivity contribution in [3.63, 3.8) is 0 Å². The van der Waals surface area contributed by atoms with E-state index >= 15 is 0 Å². The quantitative estimate of drug-likeness (QED) is 0.899. The molecule has 1 saturated heterocycles. The van der Waals surface area contributed by atoms with Crippen LogP contribution >= 0.6 is 0 Å². The van der Waals surface area contributed by atoms with Crippen molar-refractivity contribution in [3.05, 3.63) is 29.8 Å². The fraction of sp³-hybridized carbons (Fsp3) is 0.462. The van der Waals surface area contributed by atoms with Crippen LogP contribution in [0.25, 0.3) is 0 Å². The zero-order valence-corrected chi connectivity index (χ0v) is 11.7. The zero-order valence-electron chi connectivity index (χ0n) is 10.9. The van der Waals surface area contributed by atoms with E-state index in [1.807, 2.05) is 0 Å². The smallest absolute Gasteiger partial charge is 0.244 e. The minimum Gasteiger partial charge on any atom is -0.368 e. The highest BCUT2D eigenvalue weighted by Gasteiger charge is 2.36. The Labute approximate surface area is 113 Å². The number of nitrogens with two attached hydrogens (primary N) is 1. The molecule has 1 aliphatic rings. The third kappa shape index (κ3) is 2.64. The number of primary amides is 1. The van der Waals surface area contributed by atoms with E-state index in [0.29, 0.717) is 18.5 Å². The lowest BCUT2D eigenvalue weighted by molar-refractivity contribution is -0.122. The van der Waals surface area contributed by atoms with Crippen LogP contribution in [0.1, 0.15) is 24.8 Å². The molecule has 0 radical (unpaired) electrons. The van der Waals surface area contributed by atoms with Crippen LogP contribution in [0, 0.1) is 6.92 Å². The van der Waals surface area contributed by atoms with Crippen LogP contribution in [0.3, 0.4) is 0 Å². The summed E-state index contributed by atoms with van der Waals surface area (Å²) in [6.45, 7) is 2.10. The average Bonchev–Trinajstić information content (AvgIpc) is 2.39. The maximum Gasteiger partial charge on any atom is 0.244 e. The standard InChI is InChI=1S/C13H18N2O3S/c1-10-6-2-3-8-12(10)19(17,18)15-9-5-4-7-11(15)13(14)16/h2-3,6,8,11H,4-5,7,9H2,1H3,(H2,14,16). The molecule has 6 heteroatoms. The molecule has 2 N–H and O–H groups in total. The second-order valence-corrected chi connectivity index (χ2v) is 6.65. The second-order valence-electron chi connectivity index (χ2n) is 4.80. The van der Waals surface area contributed by atoms with Gasteiger partial charge in [-0.15, -0.1) is 0 Å². The Morgan fingerprint density at radius 1 is 1.32 bits per heavy atom. The molecule has 1 aromatic rings. The fourth-order valence-electron chi connectivity index (χ4n) is 2.45. The monoisotopic (exact) mass is 282 g/mol. The molecule has 0 aliphatic carbocycles. The number of carbonyl (C=O) groups is 1. The summed E-state index contributed by atoms with van der Waals surface area (Å²) in [5.41, 5.74) is 6.00. The van der Waals surface area contributed by atoms with Crippen molar-refractivity contribution < 1.29 is 13.2 Å². The topological polar surface area (TPSA) is 80.5 Å². The lowest BCUT2D eigenvalue weighted by atomic mass is 10.0. The van der Waals surface area contributed by atoms with Gasteiger partial charge in [0.2, 0.25) is 15.9 Å². The predicted molar refractivity (Wildman–Crippen MR) is 71.9 cm³/mol. The molecule has 1 unspecified atom stereocenters. The zero-order chi connectivity index (χ0) is 14.0.